The van der Waals surface area contributed by atoms with Crippen molar-refractivity contribution in [2.75, 3.05) is 14.2 Å². The number of nitrogens with zero attached hydrogens (tertiary/aromatic N) is 1. The molecule has 1 heterocycles. The molecule has 1 N–H and O–H groups in total. The Balaban J connectivity index is 1.84. The Labute approximate surface area is 181 Å². The number of esters is 1. The number of hydrogen-bond acceptors (Lipinski definition) is 8. The van der Waals surface area contributed by atoms with Crippen molar-refractivity contribution in [2.45, 2.75) is 18.9 Å². The number of ether oxygens (including phenoxy) is 2. The number of carbonyl (C=O) groups excluding carboxylic acids is 2. The summed E-state index contributed by atoms with van der Waals surface area (Å²) in [5.41, 5.74) is 0.409. The molecule has 0 aliphatic heterocycles. The Bertz CT molecular complexity index is 1230. The number of methoxy groups -OCH3 is 2. The number of nitrogens with one attached hydrogen (secondary N) is 1. The van der Waals surface area contributed by atoms with E-state index in [0.29, 0.717) is 22.3 Å². The summed E-state index contributed by atoms with van der Waals surface area (Å²) in [6, 6.07) is 10.7. The molecular weight excluding hydrogens is 420 g/mol. The minimum absolute atomic E-state index is 0.0260. The van der Waals surface area contributed by atoms with Gasteiger partial charge in [-0.2, -0.15) is 0 Å². The van der Waals surface area contributed by atoms with Crippen LogP contribution in [0.5, 0.6) is 5.75 Å². The van der Waals surface area contributed by atoms with Crippen molar-refractivity contribution in [3.63, 3.8) is 0 Å². The molecule has 3 rings (SSSR count). The lowest BCUT2D eigenvalue weighted by molar-refractivity contribution is -0.384. The number of benzene rings is 2. The molecule has 0 unspecified atom stereocenters. The van der Waals surface area contributed by atoms with E-state index >= 15 is 0 Å². The van der Waals surface area contributed by atoms with Crippen LogP contribution in [0.4, 0.5) is 5.69 Å². The second kappa shape index (κ2) is 9.73. The van der Waals surface area contributed by atoms with Crippen molar-refractivity contribution in [3.05, 3.63) is 80.2 Å². The molecule has 0 fully saturated rings. The highest BCUT2D eigenvalue weighted by Gasteiger charge is 2.24. The number of carbonyl (C=O) groups is 2. The molecule has 10 nitrogen and oxygen atoms in total. The zero-order valence-electron chi connectivity index (χ0n) is 17.3. The van der Waals surface area contributed by atoms with Gasteiger partial charge in [0.25, 0.3) is 5.69 Å². The summed E-state index contributed by atoms with van der Waals surface area (Å²) in [5, 5.41) is 14.1. The number of hydrogen-bond donors (Lipinski definition) is 1. The first-order chi connectivity index (χ1) is 15.3. The number of rotatable bonds is 8. The fourth-order valence-electron chi connectivity index (χ4n) is 3.27. The molecule has 0 aliphatic rings. The summed E-state index contributed by atoms with van der Waals surface area (Å²) >= 11 is 0. The van der Waals surface area contributed by atoms with Gasteiger partial charge in [0, 0.05) is 36.1 Å². The quantitative estimate of drug-likeness (QED) is 0.243. The van der Waals surface area contributed by atoms with E-state index in [-0.39, 0.29) is 24.1 Å². The van der Waals surface area contributed by atoms with Crippen LogP contribution in [0.25, 0.3) is 11.0 Å². The molecule has 10 heteroatoms. The average Bonchev–Trinajstić information content (AvgIpc) is 2.77. The first-order valence-electron chi connectivity index (χ1n) is 9.52. The van der Waals surface area contributed by atoms with Crippen LogP contribution in [0.2, 0.25) is 0 Å². The summed E-state index contributed by atoms with van der Waals surface area (Å²) in [4.78, 5) is 47.2. The lowest BCUT2D eigenvalue weighted by Gasteiger charge is -2.17. The van der Waals surface area contributed by atoms with Crippen LogP contribution in [0.1, 0.15) is 11.1 Å². The van der Waals surface area contributed by atoms with Gasteiger partial charge in [0.15, 0.2) is 0 Å². The monoisotopic (exact) mass is 440 g/mol. The second-order valence-corrected chi connectivity index (χ2v) is 6.90. The van der Waals surface area contributed by atoms with E-state index in [1.807, 2.05) is 0 Å². The van der Waals surface area contributed by atoms with Crippen molar-refractivity contribution < 1.29 is 28.4 Å². The number of nitro groups is 1. The number of non-ortho nitro benzene ring substituents is 1. The van der Waals surface area contributed by atoms with Gasteiger partial charge in [-0.05, 0) is 23.3 Å². The summed E-state index contributed by atoms with van der Waals surface area (Å²) in [5.74, 6) is -0.741. The van der Waals surface area contributed by atoms with E-state index in [1.165, 1.54) is 38.5 Å². The van der Waals surface area contributed by atoms with Gasteiger partial charge in [-0.15, -0.1) is 0 Å². The van der Waals surface area contributed by atoms with Crippen molar-refractivity contribution in [1.29, 1.82) is 0 Å². The third-order valence-electron chi connectivity index (χ3n) is 4.77. The van der Waals surface area contributed by atoms with Crippen LogP contribution < -0.4 is 15.7 Å². The normalized spacial score (nSPS) is 11.6. The molecule has 0 radical (unpaired) electrons. The first-order valence-corrected chi connectivity index (χ1v) is 9.52. The van der Waals surface area contributed by atoms with Gasteiger partial charge in [0.1, 0.15) is 17.4 Å². The molecule has 1 atom stereocenters. The standard InChI is InChI=1S/C22H20N2O8/c1-30-16-6-7-17-14(11-21(26)32-19(17)12-16)10-18(22(27)31-2)23-20(25)9-13-4-3-5-15(8-13)24(28)29/h3-8,11-12,18H,9-10H2,1-2H3,(H,23,25)/t18-/m1/s1. The highest BCUT2D eigenvalue weighted by Crippen LogP contribution is 2.23. The van der Waals surface area contributed by atoms with E-state index in [0.717, 1.165) is 0 Å². The Kier molecular flexibility index (Phi) is 6.83. The van der Waals surface area contributed by atoms with E-state index in [9.17, 15) is 24.5 Å². The Morgan fingerprint density at radius 1 is 1.16 bits per heavy atom. The molecule has 0 saturated heterocycles. The maximum Gasteiger partial charge on any atom is 0.336 e. The first kappa shape index (κ1) is 22.5. The van der Waals surface area contributed by atoms with Crippen LogP contribution in [0.15, 0.2) is 57.7 Å². The number of nitro benzene ring substituents is 1. The molecule has 0 saturated carbocycles. The van der Waals surface area contributed by atoms with Gasteiger partial charge in [-0.1, -0.05) is 12.1 Å². The van der Waals surface area contributed by atoms with Crippen LogP contribution in [-0.2, 0) is 27.2 Å². The number of amides is 1. The maximum absolute atomic E-state index is 12.5. The fourth-order valence-corrected chi connectivity index (χ4v) is 3.27. The zero-order chi connectivity index (χ0) is 23.3. The van der Waals surface area contributed by atoms with Crippen molar-refractivity contribution >= 4 is 28.5 Å². The third-order valence-corrected chi connectivity index (χ3v) is 4.77. The summed E-state index contributed by atoms with van der Waals surface area (Å²) in [6.07, 6.45) is -0.203. The van der Waals surface area contributed by atoms with Crippen LogP contribution in [-0.4, -0.2) is 37.1 Å². The lowest BCUT2D eigenvalue weighted by Crippen LogP contribution is -2.43. The van der Waals surface area contributed by atoms with Crippen molar-refractivity contribution in [3.8, 4) is 5.75 Å². The van der Waals surface area contributed by atoms with Gasteiger partial charge in [-0.25, -0.2) is 9.59 Å². The Morgan fingerprint density at radius 3 is 2.62 bits per heavy atom. The smallest absolute Gasteiger partial charge is 0.336 e. The van der Waals surface area contributed by atoms with Crippen LogP contribution in [0, 0.1) is 10.1 Å². The van der Waals surface area contributed by atoms with E-state index in [4.69, 9.17) is 13.9 Å². The Hall–Kier alpha value is -4.21. The predicted molar refractivity (Wildman–Crippen MR) is 113 cm³/mol. The molecule has 166 valence electrons. The van der Waals surface area contributed by atoms with Gasteiger partial charge in [0.05, 0.1) is 25.6 Å². The topological polar surface area (TPSA) is 138 Å². The van der Waals surface area contributed by atoms with Crippen LogP contribution in [0.3, 0.4) is 0 Å². The molecule has 1 amide bonds. The highest BCUT2D eigenvalue weighted by atomic mass is 16.6. The predicted octanol–water partition coefficient (Wildman–Crippen LogP) is 2.15. The lowest BCUT2D eigenvalue weighted by atomic mass is 10.0. The van der Waals surface area contributed by atoms with Crippen LogP contribution >= 0.6 is 0 Å². The van der Waals surface area contributed by atoms with Gasteiger partial charge in [0.2, 0.25) is 5.91 Å². The Morgan fingerprint density at radius 2 is 1.94 bits per heavy atom. The molecule has 32 heavy (non-hydrogen) atoms. The summed E-state index contributed by atoms with van der Waals surface area (Å²) in [6.45, 7) is 0. The maximum atomic E-state index is 12.5. The van der Waals surface area contributed by atoms with E-state index in [1.54, 1.807) is 24.3 Å². The minimum atomic E-state index is -1.08. The largest absolute Gasteiger partial charge is 0.497 e. The third kappa shape index (κ3) is 5.28. The number of fused-ring (bicyclic) bond motifs is 1. The molecule has 0 aliphatic carbocycles. The van der Waals surface area contributed by atoms with Gasteiger partial charge >= 0.3 is 11.6 Å². The molecule has 0 spiro atoms. The highest BCUT2D eigenvalue weighted by molar-refractivity contribution is 5.87. The fraction of sp³-hybridized carbons (Fsp3) is 0.227. The second-order valence-electron chi connectivity index (χ2n) is 6.90. The minimum Gasteiger partial charge on any atom is -0.497 e. The molecule has 3 aromatic rings. The van der Waals surface area contributed by atoms with Gasteiger partial charge in [-0.3, -0.25) is 14.9 Å². The van der Waals surface area contributed by atoms with E-state index < -0.39 is 28.5 Å². The van der Waals surface area contributed by atoms with Gasteiger partial charge < -0.3 is 19.2 Å². The summed E-state index contributed by atoms with van der Waals surface area (Å²) in [7, 11) is 2.66. The summed E-state index contributed by atoms with van der Waals surface area (Å²) < 4.78 is 15.1. The van der Waals surface area contributed by atoms with Crippen molar-refractivity contribution in [1.82, 2.24) is 5.32 Å². The molecule has 1 aromatic heterocycles. The molecular formula is C22H20N2O8. The average molecular weight is 440 g/mol. The molecule has 0 bridgehead atoms. The SMILES string of the molecule is COC(=O)[C@@H](Cc1cc(=O)oc2cc(OC)ccc12)NC(=O)Cc1cccc([N+](=O)[O-])c1. The van der Waals surface area contributed by atoms with E-state index in [2.05, 4.69) is 5.32 Å². The van der Waals surface area contributed by atoms with Crippen molar-refractivity contribution in [2.24, 2.45) is 0 Å². The molecule has 2 aromatic carbocycles. The zero-order valence-corrected chi connectivity index (χ0v) is 17.3.